The number of nitrogens with two attached hydrogens (primary N) is 1. The van der Waals surface area contributed by atoms with Gasteiger partial charge in [-0.25, -0.2) is 8.42 Å². The van der Waals surface area contributed by atoms with Crippen LogP contribution in [-0.2, 0) is 10.0 Å². The van der Waals surface area contributed by atoms with Crippen LogP contribution < -0.4 is 5.73 Å². The van der Waals surface area contributed by atoms with Crippen LogP contribution in [-0.4, -0.2) is 37.0 Å². The lowest BCUT2D eigenvalue weighted by molar-refractivity contribution is 0.315. The second-order valence-electron chi connectivity index (χ2n) is 4.42. The van der Waals surface area contributed by atoms with Gasteiger partial charge in [-0.2, -0.15) is 4.31 Å². The van der Waals surface area contributed by atoms with Crippen LogP contribution in [0.2, 0.25) is 0 Å². The number of sulfonamides is 1. The van der Waals surface area contributed by atoms with Crippen LogP contribution in [0.3, 0.4) is 0 Å². The van der Waals surface area contributed by atoms with Crippen LogP contribution >= 0.6 is 0 Å². The Morgan fingerprint density at radius 3 is 2.71 bits per heavy atom. The molecule has 7 heteroatoms. The van der Waals surface area contributed by atoms with Gasteiger partial charge in [0, 0.05) is 19.1 Å². The van der Waals surface area contributed by atoms with Gasteiger partial charge < -0.3 is 10.3 Å². The first kappa shape index (κ1) is 12.5. The molecule has 1 aromatic rings. The summed E-state index contributed by atoms with van der Waals surface area (Å²) in [5, 5.41) is 3.68. The molecule has 1 fully saturated rings. The summed E-state index contributed by atoms with van der Waals surface area (Å²) >= 11 is 0. The summed E-state index contributed by atoms with van der Waals surface area (Å²) < 4.78 is 31.1. The molecule has 1 saturated heterocycles. The van der Waals surface area contributed by atoms with E-state index in [9.17, 15) is 8.42 Å². The maximum absolute atomic E-state index is 12.4. The lowest BCUT2D eigenvalue weighted by atomic mass is 10.1. The van der Waals surface area contributed by atoms with E-state index in [1.807, 2.05) is 0 Å². The molecule has 1 aliphatic heterocycles. The average molecular weight is 259 g/mol. The Morgan fingerprint density at radius 1 is 1.47 bits per heavy atom. The lowest BCUT2D eigenvalue weighted by Crippen LogP contribution is -2.45. The second-order valence-corrected chi connectivity index (χ2v) is 6.29. The molecule has 0 aliphatic carbocycles. The molecule has 17 heavy (non-hydrogen) atoms. The first-order valence-electron chi connectivity index (χ1n) is 5.61. The molecule has 0 unspecified atom stereocenters. The minimum atomic E-state index is -3.52. The maximum atomic E-state index is 12.4. The van der Waals surface area contributed by atoms with Crippen LogP contribution in [0.4, 0.5) is 0 Å². The van der Waals surface area contributed by atoms with Gasteiger partial charge in [0.1, 0.15) is 10.6 Å². The molecular formula is C10H17N3O3S. The quantitative estimate of drug-likeness (QED) is 0.830. The van der Waals surface area contributed by atoms with Gasteiger partial charge >= 0.3 is 0 Å². The fourth-order valence-electron chi connectivity index (χ4n) is 2.16. The standard InChI is InChI=1S/C10H17N3O3S/c1-7-10(8(2)16-12-7)17(14,15)13-5-3-4-9(11)6-13/h9H,3-6,11H2,1-2H3/t9-/m0/s1. The van der Waals surface area contributed by atoms with Gasteiger partial charge in [-0.05, 0) is 26.7 Å². The number of nitrogens with zero attached hydrogens (tertiary/aromatic N) is 2. The number of hydrogen-bond acceptors (Lipinski definition) is 5. The molecule has 0 aromatic carbocycles. The van der Waals surface area contributed by atoms with E-state index in [0.717, 1.165) is 12.8 Å². The Balaban J connectivity index is 2.36. The molecule has 2 N–H and O–H groups in total. The van der Waals surface area contributed by atoms with Gasteiger partial charge in [0.05, 0.1) is 0 Å². The van der Waals surface area contributed by atoms with Crippen molar-refractivity contribution in [1.82, 2.24) is 9.46 Å². The van der Waals surface area contributed by atoms with Crippen molar-refractivity contribution in [3.63, 3.8) is 0 Å². The maximum Gasteiger partial charge on any atom is 0.248 e. The Labute approximate surface area is 101 Å². The molecule has 6 nitrogen and oxygen atoms in total. The zero-order chi connectivity index (χ0) is 12.6. The zero-order valence-corrected chi connectivity index (χ0v) is 10.8. The molecule has 0 spiro atoms. The summed E-state index contributed by atoms with van der Waals surface area (Å²) in [5.41, 5.74) is 6.21. The van der Waals surface area contributed by atoms with Gasteiger partial charge in [-0.3, -0.25) is 0 Å². The highest BCUT2D eigenvalue weighted by Crippen LogP contribution is 2.25. The van der Waals surface area contributed by atoms with Crippen LogP contribution in [0.1, 0.15) is 24.3 Å². The molecule has 96 valence electrons. The van der Waals surface area contributed by atoms with E-state index in [1.54, 1.807) is 13.8 Å². The number of rotatable bonds is 2. The largest absolute Gasteiger partial charge is 0.360 e. The highest BCUT2D eigenvalue weighted by atomic mass is 32.2. The third kappa shape index (κ3) is 2.22. The van der Waals surface area contributed by atoms with Crippen molar-refractivity contribution in [2.75, 3.05) is 13.1 Å². The van der Waals surface area contributed by atoms with Gasteiger partial charge in [0.2, 0.25) is 10.0 Å². The summed E-state index contributed by atoms with van der Waals surface area (Å²) in [6, 6.07) is -0.0843. The molecule has 2 rings (SSSR count). The van der Waals surface area contributed by atoms with E-state index in [-0.39, 0.29) is 10.9 Å². The van der Waals surface area contributed by atoms with Gasteiger partial charge in [-0.15, -0.1) is 0 Å². The van der Waals surface area contributed by atoms with Crippen molar-refractivity contribution in [1.29, 1.82) is 0 Å². The molecule has 2 heterocycles. The van der Waals surface area contributed by atoms with Gasteiger partial charge in [0.15, 0.2) is 5.76 Å². The number of hydrogen-bond donors (Lipinski definition) is 1. The van der Waals surface area contributed by atoms with Crippen LogP contribution in [0.5, 0.6) is 0 Å². The first-order valence-corrected chi connectivity index (χ1v) is 7.05. The van der Waals surface area contributed by atoms with Crippen molar-refractivity contribution in [2.45, 2.75) is 37.6 Å². The molecule has 0 radical (unpaired) electrons. The topological polar surface area (TPSA) is 89.4 Å². The van der Waals surface area contributed by atoms with Crippen LogP contribution in [0, 0.1) is 13.8 Å². The monoisotopic (exact) mass is 259 g/mol. The van der Waals surface area contributed by atoms with E-state index >= 15 is 0 Å². The van der Waals surface area contributed by atoms with E-state index in [0.29, 0.717) is 24.5 Å². The SMILES string of the molecule is Cc1noc(C)c1S(=O)(=O)N1CCC[C@H](N)C1. The van der Waals surface area contributed by atoms with Crippen molar-refractivity contribution in [3.8, 4) is 0 Å². The van der Waals surface area contributed by atoms with Crippen molar-refractivity contribution in [3.05, 3.63) is 11.5 Å². The van der Waals surface area contributed by atoms with Crippen molar-refractivity contribution in [2.24, 2.45) is 5.73 Å². The Kier molecular flexibility index (Phi) is 3.24. The summed E-state index contributed by atoms with van der Waals surface area (Å²) in [4.78, 5) is 0.187. The number of aromatic nitrogens is 1. The van der Waals surface area contributed by atoms with Crippen molar-refractivity contribution < 1.29 is 12.9 Å². The van der Waals surface area contributed by atoms with E-state index < -0.39 is 10.0 Å². The molecule has 0 bridgehead atoms. The van der Waals surface area contributed by atoms with Crippen molar-refractivity contribution >= 4 is 10.0 Å². The minimum absolute atomic E-state index is 0.0843. The lowest BCUT2D eigenvalue weighted by Gasteiger charge is -2.29. The molecule has 1 atom stereocenters. The highest BCUT2D eigenvalue weighted by Gasteiger charge is 2.33. The third-order valence-electron chi connectivity index (χ3n) is 2.99. The Hall–Kier alpha value is -0.920. The fourth-order valence-corrected chi connectivity index (χ4v) is 3.99. The fraction of sp³-hybridized carbons (Fsp3) is 0.700. The first-order chi connectivity index (χ1) is 7.93. The predicted molar refractivity (Wildman–Crippen MR) is 61.9 cm³/mol. The Morgan fingerprint density at radius 2 is 2.18 bits per heavy atom. The summed E-state index contributed by atoms with van der Waals surface area (Å²) in [7, 11) is -3.52. The predicted octanol–water partition coefficient (Wildman–Crippen LogP) is 0.403. The molecule has 1 aliphatic rings. The zero-order valence-electron chi connectivity index (χ0n) is 10.0. The summed E-state index contributed by atoms with van der Waals surface area (Å²) in [6.07, 6.45) is 1.66. The molecule has 1 aromatic heterocycles. The van der Waals surface area contributed by atoms with Crippen LogP contribution in [0.25, 0.3) is 0 Å². The number of piperidine rings is 1. The minimum Gasteiger partial charge on any atom is -0.360 e. The summed E-state index contributed by atoms with van der Waals surface area (Å²) in [5.74, 6) is 0.335. The van der Waals surface area contributed by atoms with Crippen LogP contribution in [0.15, 0.2) is 9.42 Å². The molecular weight excluding hydrogens is 242 g/mol. The smallest absolute Gasteiger partial charge is 0.248 e. The number of aryl methyl sites for hydroxylation is 2. The second kappa shape index (κ2) is 4.40. The van der Waals surface area contributed by atoms with E-state index in [2.05, 4.69) is 5.16 Å². The molecule has 0 amide bonds. The van der Waals surface area contributed by atoms with E-state index in [1.165, 1.54) is 4.31 Å². The third-order valence-corrected chi connectivity index (χ3v) is 5.10. The Bertz CT molecular complexity index is 489. The van der Waals surface area contributed by atoms with Gasteiger partial charge in [-0.1, -0.05) is 5.16 Å². The summed E-state index contributed by atoms with van der Waals surface area (Å²) in [6.45, 7) is 4.12. The van der Waals surface area contributed by atoms with E-state index in [4.69, 9.17) is 10.3 Å². The highest BCUT2D eigenvalue weighted by molar-refractivity contribution is 7.89. The van der Waals surface area contributed by atoms with Gasteiger partial charge in [0.25, 0.3) is 0 Å². The molecule has 0 saturated carbocycles. The average Bonchev–Trinajstić information content (AvgIpc) is 2.59. The normalized spacial score (nSPS) is 22.9.